The van der Waals surface area contributed by atoms with E-state index in [9.17, 15) is 13.2 Å². The molecule has 6 heteroatoms. The second kappa shape index (κ2) is 5.21. The molecule has 1 heterocycles. The first-order valence-corrected chi connectivity index (χ1v) is 8.04. The Morgan fingerprint density at radius 2 is 2.21 bits per heavy atom. The van der Waals surface area contributed by atoms with Crippen molar-refractivity contribution in [2.24, 2.45) is 5.92 Å². The highest BCUT2D eigenvalue weighted by molar-refractivity contribution is 7.91. The minimum Gasteiger partial charge on any atom is -0.397 e. The molecule has 19 heavy (non-hydrogen) atoms. The van der Waals surface area contributed by atoms with Gasteiger partial charge in [-0.1, -0.05) is 6.07 Å². The van der Waals surface area contributed by atoms with Gasteiger partial charge in [-0.25, -0.2) is 8.42 Å². The molecule has 0 radical (unpaired) electrons. The minimum absolute atomic E-state index is 0.0725. The van der Waals surface area contributed by atoms with Crippen LogP contribution < -0.4 is 11.1 Å². The van der Waals surface area contributed by atoms with Crippen molar-refractivity contribution in [2.45, 2.75) is 19.8 Å². The molecule has 0 aliphatic carbocycles. The summed E-state index contributed by atoms with van der Waals surface area (Å²) in [5, 5.41) is 2.73. The smallest absolute Gasteiger partial charge is 0.224 e. The van der Waals surface area contributed by atoms with Crippen LogP contribution in [0.1, 0.15) is 18.4 Å². The van der Waals surface area contributed by atoms with Crippen molar-refractivity contribution in [3.8, 4) is 0 Å². The zero-order valence-electron chi connectivity index (χ0n) is 10.8. The van der Waals surface area contributed by atoms with E-state index in [2.05, 4.69) is 5.32 Å². The number of hydrogen-bond donors (Lipinski definition) is 2. The van der Waals surface area contributed by atoms with Gasteiger partial charge in [-0.15, -0.1) is 0 Å². The Hall–Kier alpha value is -1.56. The molecule has 0 spiro atoms. The molecule has 1 aromatic carbocycles. The standard InChI is InChI=1S/C13H18N2O3S/c1-9-2-3-12(11(14)6-9)15-13(16)7-10-4-5-19(17,18)8-10/h2-3,6,10H,4-5,7-8,14H2,1H3,(H,15,16). The highest BCUT2D eigenvalue weighted by Crippen LogP contribution is 2.24. The zero-order chi connectivity index (χ0) is 14.0. The summed E-state index contributed by atoms with van der Waals surface area (Å²) in [6.07, 6.45) is 0.797. The number of carbonyl (C=O) groups excluding carboxylic acids is 1. The fourth-order valence-electron chi connectivity index (χ4n) is 2.29. The fraction of sp³-hybridized carbons (Fsp3) is 0.462. The molecule has 1 saturated heterocycles. The Bertz CT molecular complexity index is 596. The van der Waals surface area contributed by atoms with E-state index in [1.54, 1.807) is 12.1 Å². The Balaban J connectivity index is 1.95. The second-order valence-corrected chi connectivity index (χ2v) is 7.34. The van der Waals surface area contributed by atoms with Crippen LogP contribution in [-0.4, -0.2) is 25.8 Å². The van der Waals surface area contributed by atoms with E-state index in [1.165, 1.54) is 0 Å². The van der Waals surface area contributed by atoms with Gasteiger partial charge in [-0.2, -0.15) is 0 Å². The molecule has 1 aromatic rings. The Morgan fingerprint density at radius 1 is 1.47 bits per heavy atom. The largest absolute Gasteiger partial charge is 0.397 e. The van der Waals surface area contributed by atoms with Crippen molar-refractivity contribution in [2.75, 3.05) is 22.6 Å². The lowest BCUT2D eigenvalue weighted by Crippen LogP contribution is -2.18. The lowest BCUT2D eigenvalue weighted by atomic mass is 10.0. The normalized spacial score (nSPS) is 21.2. The molecule has 1 atom stereocenters. The number of anilines is 2. The number of nitrogen functional groups attached to an aromatic ring is 1. The molecule has 5 nitrogen and oxygen atoms in total. The van der Waals surface area contributed by atoms with E-state index in [-0.39, 0.29) is 29.8 Å². The third kappa shape index (κ3) is 3.70. The summed E-state index contributed by atoms with van der Waals surface area (Å²) in [6.45, 7) is 1.92. The average molecular weight is 282 g/mol. The lowest BCUT2D eigenvalue weighted by Gasteiger charge is -2.11. The summed E-state index contributed by atoms with van der Waals surface area (Å²) in [7, 11) is -2.93. The number of carbonyl (C=O) groups is 1. The van der Waals surface area contributed by atoms with Crippen LogP contribution in [0.3, 0.4) is 0 Å². The fourth-order valence-corrected chi connectivity index (χ4v) is 4.15. The van der Waals surface area contributed by atoms with Crippen molar-refractivity contribution in [1.29, 1.82) is 0 Å². The summed E-state index contributed by atoms with van der Waals surface area (Å²) >= 11 is 0. The van der Waals surface area contributed by atoms with Gasteiger partial charge in [0.15, 0.2) is 9.84 Å². The van der Waals surface area contributed by atoms with Crippen molar-refractivity contribution in [1.82, 2.24) is 0 Å². The number of aryl methyl sites for hydroxylation is 1. The van der Waals surface area contributed by atoms with E-state index in [1.807, 2.05) is 13.0 Å². The highest BCUT2D eigenvalue weighted by Gasteiger charge is 2.29. The molecule has 1 fully saturated rings. The van der Waals surface area contributed by atoms with Crippen LogP contribution in [0.2, 0.25) is 0 Å². The van der Waals surface area contributed by atoms with Gasteiger partial charge in [0, 0.05) is 6.42 Å². The van der Waals surface area contributed by atoms with Crippen molar-refractivity contribution in [3.05, 3.63) is 23.8 Å². The zero-order valence-corrected chi connectivity index (χ0v) is 11.7. The third-order valence-electron chi connectivity index (χ3n) is 3.28. The molecule has 1 aliphatic rings. The first-order valence-electron chi connectivity index (χ1n) is 6.22. The van der Waals surface area contributed by atoms with Crippen LogP contribution in [0.15, 0.2) is 18.2 Å². The number of nitrogens with two attached hydrogens (primary N) is 1. The molecule has 2 rings (SSSR count). The molecular formula is C13H18N2O3S. The summed E-state index contributed by atoms with van der Waals surface area (Å²) in [5.41, 5.74) is 7.94. The van der Waals surface area contributed by atoms with Gasteiger partial charge >= 0.3 is 0 Å². The van der Waals surface area contributed by atoms with Gasteiger partial charge in [0.1, 0.15) is 0 Å². The number of rotatable bonds is 3. The summed E-state index contributed by atoms with van der Waals surface area (Å²) in [6, 6.07) is 5.41. The SMILES string of the molecule is Cc1ccc(NC(=O)CC2CCS(=O)(=O)C2)c(N)c1. The van der Waals surface area contributed by atoms with Crippen LogP contribution >= 0.6 is 0 Å². The summed E-state index contributed by atoms with van der Waals surface area (Å²) in [4.78, 5) is 11.9. The summed E-state index contributed by atoms with van der Waals surface area (Å²) in [5.74, 6) is 0.0517. The Kier molecular flexibility index (Phi) is 3.80. The van der Waals surface area contributed by atoms with Gasteiger partial charge < -0.3 is 11.1 Å². The molecule has 1 amide bonds. The van der Waals surface area contributed by atoms with Crippen LogP contribution in [0, 0.1) is 12.8 Å². The Labute approximate surface area is 113 Å². The predicted octanol–water partition coefficient (Wildman–Crippen LogP) is 1.34. The molecule has 104 valence electrons. The number of hydrogen-bond acceptors (Lipinski definition) is 4. The monoisotopic (exact) mass is 282 g/mol. The highest BCUT2D eigenvalue weighted by atomic mass is 32.2. The molecule has 0 saturated carbocycles. The molecule has 3 N–H and O–H groups in total. The summed E-state index contributed by atoms with van der Waals surface area (Å²) < 4.78 is 22.6. The van der Waals surface area contributed by atoms with E-state index in [4.69, 9.17) is 5.73 Å². The lowest BCUT2D eigenvalue weighted by molar-refractivity contribution is -0.116. The van der Waals surface area contributed by atoms with Crippen molar-refractivity contribution >= 4 is 27.1 Å². The second-order valence-electron chi connectivity index (χ2n) is 5.11. The maximum Gasteiger partial charge on any atom is 0.224 e. The van der Waals surface area contributed by atoms with Crippen LogP contribution in [0.4, 0.5) is 11.4 Å². The van der Waals surface area contributed by atoms with Crippen molar-refractivity contribution in [3.63, 3.8) is 0 Å². The van der Waals surface area contributed by atoms with Gasteiger partial charge in [0.2, 0.25) is 5.91 Å². The maximum atomic E-state index is 11.9. The van der Waals surface area contributed by atoms with Gasteiger partial charge in [0.05, 0.1) is 22.9 Å². The van der Waals surface area contributed by atoms with Crippen molar-refractivity contribution < 1.29 is 13.2 Å². The van der Waals surface area contributed by atoms with E-state index in [0.717, 1.165) is 5.56 Å². The number of amides is 1. The van der Waals surface area contributed by atoms with E-state index in [0.29, 0.717) is 17.8 Å². The molecule has 0 aromatic heterocycles. The van der Waals surface area contributed by atoms with E-state index >= 15 is 0 Å². The molecule has 0 bridgehead atoms. The number of sulfone groups is 1. The van der Waals surface area contributed by atoms with Crippen LogP contribution in [0.25, 0.3) is 0 Å². The maximum absolute atomic E-state index is 11.9. The Morgan fingerprint density at radius 3 is 2.79 bits per heavy atom. The predicted molar refractivity (Wildman–Crippen MR) is 75.6 cm³/mol. The van der Waals surface area contributed by atoms with Crippen LogP contribution in [0.5, 0.6) is 0 Å². The average Bonchev–Trinajstić information content (AvgIpc) is 2.62. The molecule has 1 unspecified atom stereocenters. The van der Waals surface area contributed by atoms with Gasteiger partial charge in [-0.05, 0) is 37.0 Å². The number of nitrogens with one attached hydrogen (secondary N) is 1. The van der Waals surface area contributed by atoms with E-state index < -0.39 is 9.84 Å². The topological polar surface area (TPSA) is 89.3 Å². The van der Waals surface area contributed by atoms with Gasteiger partial charge in [0.25, 0.3) is 0 Å². The minimum atomic E-state index is -2.93. The quantitative estimate of drug-likeness (QED) is 0.819. The first kappa shape index (κ1) is 13.9. The van der Waals surface area contributed by atoms with Gasteiger partial charge in [-0.3, -0.25) is 4.79 Å². The molecular weight excluding hydrogens is 264 g/mol. The van der Waals surface area contributed by atoms with Crippen LogP contribution in [-0.2, 0) is 14.6 Å². The number of benzene rings is 1. The third-order valence-corrected chi connectivity index (χ3v) is 5.12. The first-order chi connectivity index (χ1) is 8.85. The molecule has 1 aliphatic heterocycles.